The van der Waals surface area contributed by atoms with E-state index >= 15 is 0 Å². The molecule has 2 atom stereocenters. The minimum atomic E-state index is -1.39. The zero-order valence-electron chi connectivity index (χ0n) is 4.77. The fraction of sp³-hybridized carbons (Fsp3) is 1.00. The lowest BCUT2D eigenvalue weighted by Gasteiger charge is -2.02. The van der Waals surface area contributed by atoms with Gasteiger partial charge in [-0.05, 0) is 6.92 Å². The van der Waals surface area contributed by atoms with Crippen LogP contribution in [0.1, 0.15) is 13.3 Å². The maximum atomic E-state index is 11.9. The zero-order valence-corrected chi connectivity index (χ0v) is 4.77. The number of hydrogen-bond acceptors (Lipinski definition) is 1. The molecule has 1 N–H and O–H groups in total. The van der Waals surface area contributed by atoms with Gasteiger partial charge in [0.15, 0.2) is 0 Å². The van der Waals surface area contributed by atoms with Gasteiger partial charge in [0.25, 0.3) is 0 Å². The van der Waals surface area contributed by atoms with E-state index in [9.17, 15) is 8.78 Å². The van der Waals surface area contributed by atoms with Gasteiger partial charge in [0.1, 0.15) is 12.3 Å². The van der Waals surface area contributed by atoms with Crippen LogP contribution in [0.2, 0.25) is 0 Å². The van der Waals surface area contributed by atoms with Crippen molar-refractivity contribution in [2.24, 2.45) is 0 Å². The quantitative estimate of drug-likeness (QED) is 0.596. The van der Waals surface area contributed by atoms with Crippen LogP contribution in [0.15, 0.2) is 0 Å². The Labute approximate surface area is 47.3 Å². The van der Waals surface area contributed by atoms with E-state index in [1.54, 1.807) is 0 Å². The number of aliphatic hydroxyl groups excluding tert-OH is 1. The van der Waals surface area contributed by atoms with Crippen LogP contribution in [0.5, 0.6) is 0 Å². The van der Waals surface area contributed by atoms with E-state index in [2.05, 4.69) is 0 Å². The first-order valence-corrected chi connectivity index (χ1v) is 2.55. The summed E-state index contributed by atoms with van der Waals surface area (Å²) in [6.45, 7) is 0.691. The van der Waals surface area contributed by atoms with E-state index in [0.717, 1.165) is 0 Å². The van der Waals surface area contributed by atoms with Gasteiger partial charge in [0.2, 0.25) is 0 Å². The van der Waals surface area contributed by atoms with Crippen molar-refractivity contribution in [1.29, 1.82) is 0 Å². The monoisotopic (exact) mass is 124 g/mol. The van der Waals surface area contributed by atoms with E-state index in [4.69, 9.17) is 5.11 Å². The molecule has 8 heavy (non-hydrogen) atoms. The third kappa shape index (κ3) is 3.99. The zero-order chi connectivity index (χ0) is 6.57. The Balaban J connectivity index is 3.10. The molecule has 0 saturated carbocycles. The normalized spacial score (nSPS) is 18.0. The SMILES string of the molecule is CC(F)CC(F)CO. The summed E-state index contributed by atoms with van der Waals surface area (Å²) in [5.74, 6) is 0. The molecule has 0 aliphatic carbocycles. The summed E-state index contributed by atoms with van der Waals surface area (Å²) in [6.07, 6.45) is -2.75. The second-order valence-corrected chi connectivity index (χ2v) is 1.80. The predicted molar refractivity (Wildman–Crippen MR) is 27.2 cm³/mol. The number of hydrogen-bond donors (Lipinski definition) is 1. The summed E-state index contributed by atoms with van der Waals surface area (Å²) in [6, 6.07) is 0. The molecule has 0 spiro atoms. The van der Waals surface area contributed by atoms with Crippen molar-refractivity contribution in [2.45, 2.75) is 25.7 Å². The van der Waals surface area contributed by atoms with Gasteiger partial charge in [-0.3, -0.25) is 0 Å². The summed E-state index contributed by atoms with van der Waals surface area (Å²) < 4.78 is 23.7. The molecule has 0 radical (unpaired) electrons. The Hall–Kier alpha value is -0.180. The molecule has 0 heterocycles. The largest absolute Gasteiger partial charge is 0.393 e. The van der Waals surface area contributed by atoms with Crippen molar-refractivity contribution in [1.82, 2.24) is 0 Å². The molecule has 0 saturated heterocycles. The van der Waals surface area contributed by atoms with E-state index in [1.165, 1.54) is 6.92 Å². The number of aliphatic hydroxyl groups is 1. The highest BCUT2D eigenvalue weighted by atomic mass is 19.1. The average Bonchev–Trinajstić information content (AvgIpc) is 1.65. The molecule has 0 fully saturated rings. The Morgan fingerprint density at radius 2 is 2.00 bits per heavy atom. The number of halogens is 2. The van der Waals surface area contributed by atoms with Crippen molar-refractivity contribution in [3.05, 3.63) is 0 Å². The van der Waals surface area contributed by atoms with Crippen LogP contribution in [-0.2, 0) is 0 Å². The van der Waals surface area contributed by atoms with Gasteiger partial charge in [0, 0.05) is 6.42 Å². The minimum Gasteiger partial charge on any atom is -0.393 e. The maximum absolute atomic E-state index is 11.9. The highest BCUT2D eigenvalue weighted by Crippen LogP contribution is 2.03. The molecule has 1 nitrogen and oxygen atoms in total. The van der Waals surface area contributed by atoms with Gasteiger partial charge in [0.05, 0.1) is 6.61 Å². The first-order valence-electron chi connectivity index (χ1n) is 2.55. The van der Waals surface area contributed by atoms with Gasteiger partial charge in [-0.1, -0.05) is 0 Å². The van der Waals surface area contributed by atoms with Crippen LogP contribution in [0, 0.1) is 0 Å². The van der Waals surface area contributed by atoms with Gasteiger partial charge >= 0.3 is 0 Å². The molecule has 0 aliphatic rings. The smallest absolute Gasteiger partial charge is 0.126 e. The standard InChI is InChI=1S/C5H10F2O/c1-4(6)2-5(7)3-8/h4-5,8H,2-3H2,1H3. The van der Waals surface area contributed by atoms with Crippen LogP contribution in [-0.4, -0.2) is 24.1 Å². The van der Waals surface area contributed by atoms with Crippen molar-refractivity contribution in [3.63, 3.8) is 0 Å². The van der Waals surface area contributed by atoms with Crippen molar-refractivity contribution in [3.8, 4) is 0 Å². The Morgan fingerprint density at radius 1 is 1.50 bits per heavy atom. The molecule has 50 valence electrons. The van der Waals surface area contributed by atoms with Gasteiger partial charge in [-0.25, -0.2) is 8.78 Å². The summed E-state index contributed by atoms with van der Waals surface area (Å²) in [5.41, 5.74) is 0. The van der Waals surface area contributed by atoms with E-state index < -0.39 is 19.0 Å². The third-order valence-electron chi connectivity index (χ3n) is 0.779. The molecule has 0 bridgehead atoms. The fourth-order valence-electron chi connectivity index (χ4n) is 0.427. The number of rotatable bonds is 3. The van der Waals surface area contributed by atoms with E-state index in [-0.39, 0.29) is 6.42 Å². The maximum Gasteiger partial charge on any atom is 0.126 e. The Kier molecular flexibility index (Phi) is 3.69. The van der Waals surface area contributed by atoms with Gasteiger partial charge in [-0.15, -0.1) is 0 Å². The van der Waals surface area contributed by atoms with Crippen LogP contribution >= 0.6 is 0 Å². The molecule has 0 aliphatic heterocycles. The molecule has 2 unspecified atom stereocenters. The van der Waals surface area contributed by atoms with E-state index in [1.807, 2.05) is 0 Å². The molecule has 3 heteroatoms. The minimum absolute atomic E-state index is 0.198. The van der Waals surface area contributed by atoms with Crippen LogP contribution in [0.25, 0.3) is 0 Å². The number of alkyl halides is 2. The molecule has 0 rings (SSSR count). The highest BCUT2D eigenvalue weighted by molar-refractivity contribution is 4.57. The topological polar surface area (TPSA) is 20.2 Å². The molecule has 0 aromatic carbocycles. The van der Waals surface area contributed by atoms with Crippen LogP contribution < -0.4 is 0 Å². The van der Waals surface area contributed by atoms with Crippen LogP contribution in [0.4, 0.5) is 8.78 Å². The van der Waals surface area contributed by atoms with Crippen molar-refractivity contribution < 1.29 is 13.9 Å². The Bertz CT molecular complexity index is 56.4. The summed E-state index contributed by atoms with van der Waals surface area (Å²) in [4.78, 5) is 0. The Morgan fingerprint density at radius 3 is 2.12 bits per heavy atom. The van der Waals surface area contributed by atoms with Crippen LogP contribution in [0.3, 0.4) is 0 Å². The first kappa shape index (κ1) is 7.82. The van der Waals surface area contributed by atoms with Crippen molar-refractivity contribution in [2.75, 3.05) is 6.61 Å². The van der Waals surface area contributed by atoms with Gasteiger partial charge in [-0.2, -0.15) is 0 Å². The average molecular weight is 124 g/mol. The predicted octanol–water partition coefficient (Wildman–Crippen LogP) is 1.06. The fourth-order valence-corrected chi connectivity index (χ4v) is 0.427. The molecule has 0 aromatic rings. The second-order valence-electron chi connectivity index (χ2n) is 1.80. The third-order valence-corrected chi connectivity index (χ3v) is 0.779. The van der Waals surface area contributed by atoms with Crippen molar-refractivity contribution >= 4 is 0 Å². The van der Waals surface area contributed by atoms with Gasteiger partial charge < -0.3 is 5.11 Å². The molecule has 0 aromatic heterocycles. The lowest BCUT2D eigenvalue weighted by atomic mass is 10.2. The lowest BCUT2D eigenvalue weighted by Crippen LogP contribution is -2.10. The lowest BCUT2D eigenvalue weighted by molar-refractivity contribution is 0.143. The molecular weight excluding hydrogens is 114 g/mol. The molecule has 0 amide bonds. The summed E-state index contributed by atoms with van der Waals surface area (Å²) >= 11 is 0. The first-order chi connectivity index (χ1) is 3.66. The second kappa shape index (κ2) is 3.78. The van der Waals surface area contributed by atoms with E-state index in [0.29, 0.717) is 0 Å². The summed E-state index contributed by atoms with van der Waals surface area (Å²) in [7, 11) is 0. The molecular formula is C5H10F2O. The highest BCUT2D eigenvalue weighted by Gasteiger charge is 2.08. The summed E-state index contributed by atoms with van der Waals surface area (Å²) in [5, 5.41) is 8.04.